The minimum Gasteiger partial charge on any atom is -0.479 e. The second-order valence-corrected chi connectivity index (χ2v) is 13.1. The van der Waals surface area contributed by atoms with Gasteiger partial charge in [0.1, 0.15) is 0 Å². The molecule has 4 rings (SSSR count). The molecule has 0 bridgehead atoms. The van der Waals surface area contributed by atoms with Gasteiger partial charge in [-0.15, -0.1) is 0 Å². The van der Waals surface area contributed by atoms with Crippen molar-refractivity contribution in [3.63, 3.8) is 0 Å². The van der Waals surface area contributed by atoms with Gasteiger partial charge in [-0.25, -0.2) is 4.79 Å². The summed E-state index contributed by atoms with van der Waals surface area (Å²) in [5, 5.41) is 19.5. The molecule has 0 saturated heterocycles. The van der Waals surface area contributed by atoms with Gasteiger partial charge in [-0.3, -0.25) is 0 Å². The minimum atomic E-state index is -1.21. The number of aliphatic hydroxyl groups excluding tert-OH is 1. The predicted molar refractivity (Wildman–Crippen MR) is 130 cm³/mol. The summed E-state index contributed by atoms with van der Waals surface area (Å²) in [6.45, 7) is 12.4. The standard InChI is InChI=1S/C29H48O3/c1-18(2)7-6-8-19(3)23-11-12-24-22-10-9-21-17-20(26(30)27(31)32)13-15-28(21,4)25(22)14-16-29(23,24)5/h9,18-20,22-26,30H,6-8,10-17H2,1-5H3,(H,31,32)/t19-,20+,22?,23-,24?,25?,26?,28+,29-/m1/s1. The van der Waals surface area contributed by atoms with Gasteiger partial charge in [0, 0.05) is 0 Å². The van der Waals surface area contributed by atoms with Gasteiger partial charge in [0.25, 0.3) is 0 Å². The summed E-state index contributed by atoms with van der Waals surface area (Å²) >= 11 is 0. The molecule has 182 valence electrons. The van der Waals surface area contributed by atoms with Crippen LogP contribution < -0.4 is 0 Å². The molecule has 0 heterocycles. The molecule has 9 atom stereocenters. The van der Waals surface area contributed by atoms with Gasteiger partial charge in [0.05, 0.1) is 0 Å². The monoisotopic (exact) mass is 444 g/mol. The normalized spacial score (nSPS) is 43.1. The molecule has 0 radical (unpaired) electrons. The third kappa shape index (κ3) is 4.10. The highest BCUT2D eigenvalue weighted by molar-refractivity contribution is 5.72. The van der Waals surface area contributed by atoms with Crippen molar-refractivity contribution < 1.29 is 15.0 Å². The van der Waals surface area contributed by atoms with E-state index in [1.807, 2.05) is 0 Å². The Bertz CT molecular complexity index is 726. The molecule has 0 aliphatic heterocycles. The van der Waals surface area contributed by atoms with Crippen LogP contribution in [0, 0.1) is 52.3 Å². The lowest BCUT2D eigenvalue weighted by molar-refractivity contribution is -0.150. The first kappa shape index (κ1) is 24.3. The van der Waals surface area contributed by atoms with E-state index in [0.29, 0.717) is 5.41 Å². The zero-order chi connectivity index (χ0) is 23.3. The van der Waals surface area contributed by atoms with Crippen molar-refractivity contribution >= 4 is 5.97 Å². The van der Waals surface area contributed by atoms with Gasteiger partial charge in [0.15, 0.2) is 6.10 Å². The molecule has 3 nitrogen and oxygen atoms in total. The molecular formula is C29H48O3. The minimum absolute atomic E-state index is 0.111. The van der Waals surface area contributed by atoms with Gasteiger partial charge in [-0.05, 0) is 104 Å². The summed E-state index contributed by atoms with van der Waals surface area (Å²) < 4.78 is 0. The number of aliphatic hydroxyl groups is 1. The first-order chi connectivity index (χ1) is 15.1. The molecule has 3 saturated carbocycles. The SMILES string of the molecule is CC(C)CCC[C@@H](C)[C@H]1CCC2C3CC=C4C[C@@H](C(O)C(=O)O)CC[C@]4(C)C3CC[C@@]21C. The highest BCUT2D eigenvalue weighted by atomic mass is 16.4. The number of carboxylic acid groups (broad SMARTS) is 1. The fourth-order valence-corrected chi connectivity index (χ4v) is 9.18. The van der Waals surface area contributed by atoms with Crippen molar-refractivity contribution in [2.24, 2.45) is 52.3 Å². The molecule has 3 fully saturated rings. The third-order valence-electron chi connectivity index (χ3n) is 11.0. The average molecular weight is 445 g/mol. The molecule has 0 aromatic heterocycles. The van der Waals surface area contributed by atoms with Crippen molar-refractivity contribution in [2.75, 3.05) is 0 Å². The van der Waals surface area contributed by atoms with Gasteiger partial charge < -0.3 is 10.2 Å². The average Bonchev–Trinajstić information content (AvgIpc) is 3.09. The number of allylic oxidation sites excluding steroid dienone is 2. The van der Waals surface area contributed by atoms with E-state index >= 15 is 0 Å². The zero-order valence-electron chi connectivity index (χ0n) is 21.3. The Hall–Kier alpha value is -0.830. The maximum absolute atomic E-state index is 11.3. The lowest BCUT2D eigenvalue weighted by Gasteiger charge is -2.58. The molecule has 0 aromatic carbocycles. The number of hydrogen-bond donors (Lipinski definition) is 2. The number of hydrogen-bond acceptors (Lipinski definition) is 2. The Morgan fingerprint density at radius 1 is 1.06 bits per heavy atom. The number of aliphatic carboxylic acids is 1. The van der Waals surface area contributed by atoms with E-state index in [-0.39, 0.29) is 11.3 Å². The molecule has 0 aromatic rings. The molecule has 32 heavy (non-hydrogen) atoms. The van der Waals surface area contributed by atoms with Gasteiger partial charge in [-0.1, -0.05) is 65.5 Å². The van der Waals surface area contributed by atoms with Crippen molar-refractivity contribution in [1.82, 2.24) is 0 Å². The maximum atomic E-state index is 11.3. The molecule has 2 N–H and O–H groups in total. The molecule has 0 amide bonds. The van der Waals surface area contributed by atoms with Crippen LogP contribution in [0.3, 0.4) is 0 Å². The second kappa shape index (κ2) is 9.08. The molecule has 4 unspecified atom stereocenters. The van der Waals surface area contributed by atoms with Crippen LogP contribution in [0.2, 0.25) is 0 Å². The maximum Gasteiger partial charge on any atom is 0.332 e. The number of carbonyl (C=O) groups is 1. The number of rotatable bonds is 7. The van der Waals surface area contributed by atoms with Crippen molar-refractivity contribution in [1.29, 1.82) is 0 Å². The van der Waals surface area contributed by atoms with E-state index in [1.165, 1.54) is 56.9 Å². The number of carboxylic acids is 1. The Balaban J connectivity index is 1.48. The summed E-state index contributed by atoms with van der Waals surface area (Å²) in [7, 11) is 0. The molecule has 0 spiro atoms. The van der Waals surface area contributed by atoms with Crippen LogP contribution in [0.15, 0.2) is 11.6 Å². The second-order valence-electron chi connectivity index (χ2n) is 13.1. The van der Waals surface area contributed by atoms with Crippen LogP contribution in [-0.4, -0.2) is 22.3 Å². The van der Waals surface area contributed by atoms with E-state index in [1.54, 1.807) is 0 Å². The van der Waals surface area contributed by atoms with Gasteiger partial charge in [-0.2, -0.15) is 0 Å². The predicted octanol–water partition coefficient (Wildman–Crippen LogP) is 7.09. The summed E-state index contributed by atoms with van der Waals surface area (Å²) in [5.41, 5.74) is 2.20. The smallest absolute Gasteiger partial charge is 0.332 e. The van der Waals surface area contributed by atoms with E-state index < -0.39 is 12.1 Å². The van der Waals surface area contributed by atoms with Crippen LogP contribution in [0.1, 0.15) is 105 Å². The molecular weight excluding hydrogens is 396 g/mol. The largest absolute Gasteiger partial charge is 0.479 e. The molecule has 3 heteroatoms. The topological polar surface area (TPSA) is 57.5 Å². The van der Waals surface area contributed by atoms with Crippen molar-refractivity contribution in [3.8, 4) is 0 Å². The van der Waals surface area contributed by atoms with E-state index in [0.717, 1.165) is 54.8 Å². The highest BCUT2D eigenvalue weighted by Gasteiger charge is 2.59. The first-order valence-corrected chi connectivity index (χ1v) is 13.7. The summed E-state index contributed by atoms with van der Waals surface area (Å²) in [4.78, 5) is 11.3. The lowest BCUT2D eigenvalue weighted by Crippen LogP contribution is -2.51. The third-order valence-corrected chi connectivity index (χ3v) is 11.0. The summed E-state index contributed by atoms with van der Waals surface area (Å²) in [6, 6.07) is 0. The van der Waals surface area contributed by atoms with E-state index in [9.17, 15) is 15.0 Å². The fraction of sp³-hybridized carbons (Fsp3) is 0.897. The Morgan fingerprint density at radius 2 is 1.81 bits per heavy atom. The quantitative estimate of drug-likeness (QED) is 0.412. The lowest BCUT2D eigenvalue weighted by atomic mass is 9.46. The summed E-state index contributed by atoms with van der Waals surface area (Å²) in [6.07, 6.45) is 14.8. The van der Waals surface area contributed by atoms with Crippen molar-refractivity contribution in [3.05, 3.63) is 11.6 Å². The fourth-order valence-electron chi connectivity index (χ4n) is 9.18. The van der Waals surface area contributed by atoms with Gasteiger partial charge >= 0.3 is 5.97 Å². The van der Waals surface area contributed by atoms with Crippen LogP contribution >= 0.6 is 0 Å². The Kier molecular flexibility index (Phi) is 6.90. The Labute approximate surface area is 196 Å². The zero-order valence-corrected chi connectivity index (χ0v) is 21.3. The molecule has 4 aliphatic rings. The number of fused-ring (bicyclic) bond motifs is 5. The first-order valence-electron chi connectivity index (χ1n) is 13.7. The van der Waals surface area contributed by atoms with Crippen LogP contribution in [0.25, 0.3) is 0 Å². The van der Waals surface area contributed by atoms with Crippen LogP contribution in [0.5, 0.6) is 0 Å². The van der Waals surface area contributed by atoms with Crippen LogP contribution in [-0.2, 0) is 4.79 Å². The van der Waals surface area contributed by atoms with E-state index in [2.05, 4.69) is 40.7 Å². The van der Waals surface area contributed by atoms with Gasteiger partial charge in [0.2, 0.25) is 0 Å². The molecule has 4 aliphatic carbocycles. The highest BCUT2D eigenvalue weighted by Crippen LogP contribution is 2.67. The van der Waals surface area contributed by atoms with E-state index in [4.69, 9.17) is 0 Å². The van der Waals surface area contributed by atoms with Crippen molar-refractivity contribution in [2.45, 2.75) is 111 Å². The summed E-state index contributed by atoms with van der Waals surface area (Å²) in [5.74, 6) is 3.80. The Morgan fingerprint density at radius 3 is 2.50 bits per heavy atom. The van der Waals surface area contributed by atoms with Crippen LogP contribution in [0.4, 0.5) is 0 Å².